The number of aromatic nitrogens is 2. The Bertz CT molecular complexity index is 698. The molecule has 2 aromatic rings. The smallest absolute Gasteiger partial charge is 0.276 e. The van der Waals surface area contributed by atoms with Gasteiger partial charge in [-0.05, 0) is 18.2 Å². The molecule has 5 nitrogen and oxygen atoms in total. The van der Waals surface area contributed by atoms with Gasteiger partial charge in [-0.3, -0.25) is 9.59 Å². The zero-order chi connectivity index (χ0) is 14.0. The number of anilines is 1. The van der Waals surface area contributed by atoms with Crippen LogP contribution in [0.15, 0.2) is 35.1 Å². The largest absolute Gasteiger partial charge is 0.319 e. The zero-order valence-electron chi connectivity index (χ0n) is 9.85. The number of nitrogens with one attached hydrogen (secondary N) is 1. The van der Waals surface area contributed by atoms with Crippen molar-refractivity contribution in [1.82, 2.24) is 9.78 Å². The molecule has 1 N–H and O–H groups in total. The summed E-state index contributed by atoms with van der Waals surface area (Å²) in [5.74, 6) is -0.472. The first-order valence-corrected chi connectivity index (χ1v) is 6.04. The molecule has 0 saturated heterocycles. The van der Waals surface area contributed by atoms with Gasteiger partial charge in [-0.2, -0.15) is 5.10 Å². The quantitative estimate of drug-likeness (QED) is 0.925. The first-order valence-electron chi connectivity index (χ1n) is 5.29. The van der Waals surface area contributed by atoms with Crippen LogP contribution in [0.5, 0.6) is 0 Å². The predicted molar refractivity (Wildman–Crippen MR) is 73.9 cm³/mol. The summed E-state index contributed by atoms with van der Waals surface area (Å²) in [6.45, 7) is 0. The Balaban J connectivity index is 2.28. The van der Waals surface area contributed by atoms with Gasteiger partial charge in [0.25, 0.3) is 11.5 Å². The third-order valence-corrected chi connectivity index (χ3v) is 3.21. The van der Waals surface area contributed by atoms with Crippen molar-refractivity contribution >= 4 is 34.8 Å². The Hall–Kier alpha value is -1.85. The van der Waals surface area contributed by atoms with Gasteiger partial charge < -0.3 is 5.32 Å². The topological polar surface area (TPSA) is 64.0 Å². The molecule has 1 amide bonds. The molecule has 0 saturated carbocycles. The van der Waals surface area contributed by atoms with Gasteiger partial charge in [0.1, 0.15) is 5.69 Å². The third kappa shape index (κ3) is 2.94. The lowest BCUT2D eigenvalue weighted by Crippen LogP contribution is -2.23. The minimum atomic E-state index is -0.472. The van der Waals surface area contributed by atoms with Gasteiger partial charge in [-0.15, -0.1) is 0 Å². The average Bonchev–Trinajstić information content (AvgIpc) is 2.38. The van der Waals surface area contributed by atoms with Crippen molar-refractivity contribution in [2.45, 2.75) is 0 Å². The number of carbonyl (C=O) groups is 1. The van der Waals surface area contributed by atoms with Crippen molar-refractivity contribution in [1.29, 1.82) is 0 Å². The Morgan fingerprint density at radius 2 is 2.00 bits per heavy atom. The van der Waals surface area contributed by atoms with Crippen LogP contribution in [0.2, 0.25) is 10.0 Å². The van der Waals surface area contributed by atoms with E-state index < -0.39 is 5.91 Å². The van der Waals surface area contributed by atoms with E-state index in [4.69, 9.17) is 23.2 Å². The molecule has 0 unspecified atom stereocenters. The van der Waals surface area contributed by atoms with E-state index in [0.717, 1.165) is 4.68 Å². The molecule has 19 heavy (non-hydrogen) atoms. The molecule has 7 heteroatoms. The van der Waals surface area contributed by atoms with Crippen molar-refractivity contribution in [3.05, 3.63) is 56.4 Å². The Morgan fingerprint density at radius 3 is 2.68 bits per heavy atom. The highest BCUT2D eigenvalue weighted by Gasteiger charge is 2.12. The fourth-order valence-corrected chi connectivity index (χ4v) is 1.76. The van der Waals surface area contributed by atoms with Crippen LogP contribution in [-0.2, 0) is 7.05 Å². The first-order chi connectivity index (χ1) is 8.99. The van der Waals surface area contributed by atoms with Gasteiger partial charge >= 0.3 is 0 Å². The highest BCUT2D eigenvalue weighted by atomic mass is 35.5. The summed E-state index contributed by atoms with van der Waals surface area (Å²) >= 11 is 11.8. The van der Waals surface area contributed by atoms with Crippen LogP contribution < -0.4 is 10.9 Å². The van der Waals surface area contributed by atoms with Crippen LogP contribution in [-0.4, -0.2) is 15.7 Å². The van der Waals surface area contributed by atoms with E-state index in [1.165, 1.54) is 19.2 Å². The fourth-order valence-electron chi connectivity index (χ4n) is 1.41. The van der Waals surface area contributed by atoms with E-state index in [1.54, 1.807) is 18.2 Å². The summed E-state index contributed by atoms with van der Waals surface area (Å²) in [5, 5.41) is 7.01. The lowest BCUT2D eigenvalue weighted by molar-refractivity contribution is 0.102. The number of amides is 1. The first kappa shape index (κ1) is 13.6. The highest BCUT2D eigenvalue weighted by molar-refractivity contribution is 6.44. The van der Waals surface area contributed by atoms with Crippen molar-refractivity contribution < 1.29 is 4.79 Å². The number of benzene rings is 1. The molecule has 0 spiro atoms. The number of halogens is 2. The normalized spacial score (nSPS) is 10.3. The van der Waals surface area contributed by atoms with E-state index in [1.807, 2.05) is 0 Å². The minimum Gasteiger partial charge on any atom is -0.319 e. The van der Waals surface area contributed by atoms with Crippen molar-refractivity contribution in [3.8, 4) is 0 Å². The van der Waals surface area contributed by atoms with Gasteiger partial charge in [0, 0.05) is 13.1 Å². The van der Waals surface area contributed by atoms with E-state index in [9.17, 15) is 9.59 Å². The monoisotopic (exact) mass is 297 g/mol. The summed E-state index contributed by atoms with van der Waals surface area (Å²) < 4.78 is 1.08. The fraction of sp³-hybridized carbons (Fsp3) is 0.0833. The van der Waals surface area contributed by atoms with Gasteiger partial charge in [0.05, 0.1) is 15.7 Å². The molecule has 0 aliphatic heterocycles. The molecule has 0 aliphatic carbocycles. The van der Waals surface area contributed by atoms with Crippen LogP contribution in [0.25, 0.3) is 0 Å². The van der Waals surface area contributed by atoms with Crippen LogP contribution in [0.4, 0.5) is 5.69 Å². The molecule has 0 aliphatic rings. The van der Waals surface area contributed by atoms with Crippen molar-refractivity contribution in [2.75, 3.05) is 5.32 Å². The van der Waals surface area contributed by atoms with Gasteiger partial charge in [-0.1, -0.05) is 29.3 Å². The number of nitrogens with zero attached hydrogens (tertiary/aromatic N) is 2. The highest BCUT2D eigenvalue weighted by Crippen LogP contribution is 2.29. The molecule has 98 valence electrons. The molecule has 0 bridgehead atoms. The van der Waals surface area contributed by atoms with Gasteiger partial charge in [0.15, 0.2) is 0 Å². The Labute approximate surface area is 118 Å². The minimum absolute atomic E-state index is 0.109. The second kappa shape index (κ2) is 5.42. The van der Waals surface area contributed by atoms with E-state index in [0.29, 0.717) is 10.7 Å². The summed E-state index contributed by atoms with van der Waals surface area (Å²) in [4.78, 5) is 23.1. The van der Waals surface area contributed by atoms with Crippen LogP contribution in [0.1, 0.15) is 10.5 Å². The molecule has 1 aromatic heterocycles. The summed E-state index contributed by atoms with van der Waals surface area (Å²) in [7, 11) is 1.46. The molecule has 0 fully saturated rings. The standard InChI is InChI=1S/C12H9Cl2N3O2/c1-17-10(18)6-5-9(16-17)12(19)15-8-4-2-3-7(13)11(8)14/h2-6H,1H3,(H,15,19). The molecule has 1 aromatic carbocycles. The van der Waals surface area contributed by atoms with Crippen LogP contribution in [0.3, 0.4) is 0 Å². The summed E-state index contributed by atoms with van der Waals surface area (Å²) in [5.41, 5.74) is 0.199. The average molecular weight is 298 g/mol. The van der Waals surface area contributed by atoms with E-state index in [2.05, 4.69) is 10.4 Å². The molecule has 0 radical (unpaired) electrons. The maximum atomic E-state index is 12.0. The summed E-state index contributed by atoms with van der Waals surface area (Å²) in [6.07, 6.45) is 0. The van der Waals surface area contributed by atoms with Crippen molar-refractivity contribution in [3.63, 3.8) is 0 Å². The molecular formula is C12H9Cl2N3O2. The maximum Gasteiger partial charge on any atom is 0.276 e. The molecule has 1 heterocycles. The molecular weight excluding hydrogens is 289 g/mol. The summed E-state index contributed by atoms with van der Waals surface area (Å²) in [6, 6.07) is 7.51. The zero-order valence-corrected chi connectivity index (χ0v) is 11.4. The Morgan fingerprint density at radius 1 is 1.26 bits per heavy atom. The lowest BCUT2D eigenvalue weighted by Gasteiger charge is -2.08. The second-order valence-corrected chi connectivity index (χ2v) is 4.52. The SMILES string of the molecule is Cn1nc(C(=O)Nc2cccc(Cl)c2Cl)ccc1=O. The predicted octanol–water partition coefficient (Wildman–Crippen LogP) is 2.34. The third-order valence-electron chi connectivity index (χ3n) is 2.39. The molecule has 0 atom stereocenters. The van der Waals surface area contributed by atoms with Crippen LogP contribution in [0, 0.1) is 0 Å². The van der Waals surface area contributed by atoms with E-state index in [-0.39, 0.29) is 16.3 Å². The van der Waals surface area contributed by atoms with Crippen molar-refractivity contribution in [2.24, 2.45) is 7.05 Å². The van der Waals surface area contributed by atoms with E-state index >= 15 is 0 Å². The number of carbonyl (C=O) groups excluding carboxylic acids is 1. The lowest BCUT2D eigenvalue weighted by atomic mass is 10.3. The second-order valence-electron chi connectivity index (χ2n) is 3.74. The molecule has 2 rings (SSSR count). The number of hydrogen-bond donors (Lipinski definition) is 1. The van der Waals surface area contributed by atoms with Gasteiger partial charge in [-0.25, -0.2) is 4.68 Å². The number of hydrogen-bond acceptors (Lipinski definition) is 3. The Kier molecular flexibility index (Phi) is 3.87. The number of rotatable bonds is 2. The van der Waals surface area contributed by atoms with Gasteiger partial charge in [0.2, 0.25) is 0 Å². The number of aryl methyl sites for hydroxylation is 1. The van der Waals surface area contributed by atoms with Crippen LogP contribution >= 0.6 is 23.2 Å². The maximum absolute atomic E-state index is 12.0.